The van der Waals surface area contributed by atoms with E-state index in [9.17, 15) is 9.59 Å². The first-order valence-electron chi connectivity index (χ1n) is 6.41. The van der Waals surface area contributed by atoms with Crippen molar-refractivity contribution in [2.45, 2.75) is 32.8 Å². The van der Waals surface area contributed by atoms with Gasteiger partial charge in [-0.2, -0.15) is 0 Å². The summed E-state index contributed by atoms with van der Waals surface area (Å²) in [6.45, 7) is 3.86. The Kier molecular flexibility index (Phi) is 6.51. The lowest BCUT2D eigenvalue weighted by Crippen LogP contribution is -2.29. The normalized spacial score (nSPS) is 11.8. The van der Waals surface area contributed by atoms with Crippen molar-refractivity contribution >= 4 is 33.6 Å². The quantitative estimate of drug-likeness (QED) is 0.634. The summed E-state index contributed by atoms with van der Waals surface area (Å²) < 4.78 is 10.8. The zero-order valence-electron chi connectivity index (χ0n) is 11.5. The number of ether oxygens (including phenoxy) is 2. The highest BCUT2D eigenvalue weighted by Gasteiger charge is 2.24. The molecule has 6 heteroatoms. The van der Waals surface area contributed by atoms with Gasteiger partial charge in [-0.3, -0.25) is 0 Å². The molecular weight excluding hydrogens is 326 g/mol. The zero-order valence-corrected chi connectivity index (χ0v) is 13.1. The molecule has 0 radical (unpaired) electrons. The number of anilines is 1. The monoisotopic (exact) mass is 343 g/mol. The Balaban J connectivity index is 2.82. The van der Waals surface area contributed by atoms with E-state index in [1.54, 1.807) is 19.1 Å². The molecule has 0 bridgehead atoms. The molecule has 0 amide bonds. The SMILES string of the molecule is CCCC(OC(=O)c1cc(N)cc(Br)c1)C(=O)OCC. The van der Waals surface area contributed by atoms with Crippen LogP contribution in [0.5, 0.6) is 0 Å². The minimum Gasteiger partial charge on any atom is -0.463 e. The van der Waals surface area contributed by atoms with Gasteiger partial charge in [0.05, 0.1) is 12.2 Å². The molecule has 0 aliphatic heterocycles. The molecule has 0 saturated carbocycles. The fraction of sp³-hybridized carbons (Fsp3) is 0.429. The molecule has 0 aromatic heterocycles. The van der Waals surface area contributed by atoms with Crippen molar-refractivity contribution in [2.24, 2.45) is 0 Å². The molecule has 0 aliphatic carbocycles. The lowest BCUT2D eigenvalue weighted by atomic mass is 10.2. The molecule has 0 heterocycles. The molecule has 1 rings (SSSR count). The third kappa shape index (κ3) is 4.85. The highest BCUT2D eigenvalue weighted by molar-refractivity contribution is 9.10. The number of rotatable bonds is 6. The number of hydrogen-bond acceptors (Lipinski definition) is 5. The maximum absolute atomic E-state index is 12.0. The van der Waals surface area contributed by atoms with Crippen molar-refractivity contribution < 1.29 is 19.1 Å². The molecule has 2 N–H and O–H groups in total. The molecule has 20 heavy (non-hydrogen) atoms. The van der Waals surface area contributed by atoms with Crippen LogP contribution in [0, 0.1) is 0 Å². The standard InChI is InChI=1S/C14H18BrNO4/c1-3-5-12(14(18)19-4-2)20-13(17)9-6-10(15)8-11(16)7-9/h6-8,12H,3-5,16H2,1-2H3. The first-order valence-corrected chi connectivity index (χ1v) is 7.20. The Hall–Kier alpha value is -1.56. The smallest absolute Gasteiger partial charge is 0.347 e. The lowest BCUT2D eigenvalue weighted by Gasteiger charge is -2.16. The Morgan fingerprint density at radius 2 is 2.00 bits per heavy atom. The van der Waals surface area contributed by atoms with E-state index in [0.717, 1.165) is 0 Å². The fourth-order valence-corrected chi connectivity index (χ4v) is 2.16. The topological polar surface area (TPSA) is 78.6 Å². The summed E-state index contributed by atoms with van der Waals surface area (Å²) in [6.07, 6.45) is 0.249. The van der Waals surface area contributed by atoms with E-state index in [1.165, 1.54) is 6.07 Å². The van der Waals surface area contributed by atoms with Gasteiger partial charge in [-0.25, -0.2) is 9.59 Å². The van der Waals surface area contributed by atoms with E-state index in [0.29, 0.717) is 28.6 Å². The van der Waals surface area contributed by atoms with Crippen LogP contribution in [0.1, 0.15) is 37.0 Å². The van der Waals surface area contributed by atoms with Crippen LogP contribution in [0.15, 0.2) is 22.7 Å². The van der Waals surface area contributed by atoms with Gasteiger partial charge in [-0.05, 0) is 31.5 Å². The highest BCUT2D eigenvalue weighted by atomic mass is 79.9. The maximum atomic E-state index is 12.0. The van der Waals surface area contributed by atoms with E-state index in [4.69, 9.17) is 15.2 Å². The van der Waals surface area contributed by atoms with Crippen LogP contribution in [0.3, 0.4) is 0 Å². The number of carbonyl (C=O) groups is 2. The minimum atomic E-state index is -0.882. The number of hydrogen-bond donors (Lipinski definition) is 1. The van der Waals surface area contributed by atoms with E-state index < -0.39 is 18.0 Å². The van der Waals surface area contributed by atoms with Gasteiger partial charge in [0.25, 0.3) is 0 Å². The van der Waals surface area contributed by atoms with Gasteiger partial charge in [0.1, 0.15) is 0 Å². The number of esters is 2. The summed E-state index contributed by atoms with van der Waals surface area (Å²) in [6, 6.07) is 4.76. The molecule has 0 saturated heterocycles. The van der Waals surface area contributed by atoms with Crippen molar-refractivity contribution in [2.75, 3.05) is 12.3 Å². The molecular formula is C14H18BrNO4. The lowest BCUT2D eigenvalue weighted by molar-refractivity contribution is -0.153. The minimum absolute atomic E-state index is 0.250. The van der Waals surface area contributed by atoms with Crippen LogP contribution in [0.2, 0.25) is 0 Å². The Morgan fingerprint density at radius 1 is 1.30 bits per heavy atom. The van der Waals surface area contributed by atoms with Crippen molar-refractivity contribution in [1.82, 2.24) is 0 Å². The molecule has 5 nitrogen and oxygen atoms in total. The number of carbonyl (C=O) groups excluding carboxylic acids is 2. The van der Waals surface area contributed by atoms with Gasteiger partial charge in [-0.15, -0.1) is 0 Å². The van der Waals surface area contributed by atoms with Gasteiger partial charge >= 0.3 is 11.9 Å². The Bertz CT molecular complexity index is 470. The largest absolute Gasteiger partial charge is 0.463 e. The van der Waals surface area contributed by atoms with E-state index in [2.05, 4.69) is 15.9 Å². The first kappa shape index (κ1) is 16.5. The van der Waals surface area contributed by atoms with Crippen LogP contribution < -0.4 is 5.73 Å². The van der Waals surface area contributed by atoms with Gasteiger partial charge in [-0.1, -0.05) is 29.3 Å². The van der Waals surface area contributed by atoms with Crippen molar-refractivity contribution in [1.29, 1.82) is 0 Å². The predicted octanol–water partition coefficient (Wildman–Crippen LogP) is 2.92. The average molecular weight is 344 g/mol. The fourth-order valence-electron chi connectivity index (χ4n) is 1.65. The summed E-state index contributed by atoms with van der Waals surface area (Å²) in [4.78, 5) is 23.7. The second kappa shape index (κ2) is 7.89. The third-order valence-corrected chi connectivity index (χ3v) is 2.96. The summed E-state index contributed by atoms with van der Waals surface area (Å²) in [7, 11) is 0. The summed E-state index contributed by atoms with van der Waals surface area (Å²) >= 11 is 3.25. The predicted molar refractivity (Wildman–Crippen MR) is 79.3 cm³/mol. The van der Waals surface area contributed by atoms with Crippen LogP contribution in [0.4, 0.5) is 5.69 Å². The van der Waals surface area contributed by atoms with Crippen molar-refractivity contribution in [3.8, 4) is 0 Å². The maximum Gasteiger partial charge on any atom is 0.347 e. The van der Waals surface area contributed by atoms with E-state index in [1.807, 2.05) is 6.92 Å². The van der Waals surface area contributed by atoms with E-state index >= 15 is 0 Å². The van der Waals surface area contributed by atoms with Gasteiger partial charge in [0.15, 0.2) is 6.10 Å². The van der Waals surface area contributed by atoms with Crippen LogP contribution >= 0.6 is 15.9 Å². The first-order chi connectivity index (χ1) is 9.47. The van der Waals surface area contributed by atoms with Crippen LogP contribution in [-0.4, -0.2) is 24.6 Å². The van der Waals surface area contributed by atoms with Gasteiger partial charge in [0.2, 0.25) is 0 Å². The molecule has 1 atom stereocenters. The number of nitrogen functional groups attached to an aromatic ring is 1. The molecule has 0 fully saturated rings. The number of nitrogens with two attached hydrogens (primary N) is 1. The second-order valence-electron chi connectivity index (χ2n) is 4.21. The van der Waals surface area contributed by atoms with Gasteiger partial charge in [0, 0.05) is 10.2 Å². The molecule has 0 aliphatic rings. The average Bonchev–Trinajstić information content (AvgIpc) is 2.37. The zero-order chi connectivity index (χ0) is 15.1. The second-order valence-corrected chi connectivity index (χ2v) is 5.12. The van der Waals surface area contributed by atoms with Crippen LogP contribution in [-0.2, 0) is 14.3 Å². The van der Waals surface area contributed by atoms with Crippen LogP contribution in [0.25, 0.3) is 0 Å². The summed E-state index contributed by atoms with van der Waals surface area (Å²) in [5.41, 5.74) is 6.40. The molecule has 1 aromatic rings. The Morgan fingerprint density at radius 3 is 2.55 bits per heavy atom. The molecule has 1 aromatic carbocycles. The number of benzene rings is 1. The number of halogens is 1. The molecule has 0 spiro atoms. The summed E-state index contributed by atoms with van der Waals surface area (Å²) in [5, 5.41) is 0. The highest BCUT2D eigenvalue weighted by Crippen LogP contribution is 2.19. The summed E-state index contributed by atoms with van der Waals surface area (Å²) in [5.74, 6) is -1.12. The van der Waals surface area contributed by atoms with E-state index in [-0.39, 0.29) is 6.61 Å². The van der Waals surface area contributed by atoms with Crippen molar-refractivity contribution in [3.63, 3.8) is 0 Å². The third-order valence-electron chi connectivity index (χ3n) is 2.51. The van der Waals surface area contributed by atoms with Gasteiger partial charge < -0.3 is 15.2 Å². The molecule has 1 unspecified atom stereocenters. The van der Waals surface area contributed by atoms with Crippen molar-refractivity contribution in [3.05, 3.63) is 28.2 Å². The Labute approximate surface area is 126 Å². The molecule has 110 valence electrons.